The summed E-state index contributed by atoms with van der Waals surface area (Å²) in [6.07, 6.45) is 0. The van der Waals surface area contributed by atoms with Crippen LogP contribution >= 0.6 is 15.9 Å². The van der Waals surface area contributed by atoms with E-state index >= 15 is 0 Å². The Bertz CT molecular complexity index is 712. The summed E-state index contributed by atoms with van der Waals surface area (Å²) in [6.45, 7) is 0. The summed E-state index contributed by atoms with van der Waals surface area (Å²) in [7, 11) is 0. The fraction of sp³-hybridized carbons (Fsp3) is 0. The van der Waals surface area contributed by atoms with Crippen LogP contribution in [-0.4, -0.2) is 16.7 Å². The second-order valence-electron chi connectivity index (χ2n) is 3.82. The van der Waals surface area contributed by atoms with Gasteiger partial charge in [0.2, 0.25) is 0 Å². The number of hydrogen-bond acceptors (Lipinski definition) is 5. The second-order valence-corrected chi connectivity index (χ2v) is 4.60. The Kier molecular flexibility index (Phi) is 4.33. The minimum Gasteiger partial charge on any atom is -0.444 e. The van der Waals surface area contributed by atoms with Crippen molar-refractivity contribution in [3.05, 3.63) is 62.5 Å². The van der Waals surface area contributed by atoms with Crippen LogP contribution in [0.4, 0.5) is 5.69 Å². The lowest BCUT2D eigenvalue weighted by molar-refractivity contribution is -0.384. The Morgan fingerprint density at radius 1 is 1.14 bits per heavy atom. The topological polar surface area (TPSA) is 114 Å². The molecule has 8 nitrogen and oxygen atoms in total. The lowest BCUT2D eigenvalue weighted by Gasteiger charge is -2.05. The Morgan fingerprint density at radius 3 is 2.48 bits per heavy atom. The summed E-state index contributed by atoms with van der Waals surface area (Å²) in [4.78, 5) is 33.4. The van der Waals surface area contributed by atoms with Gasteiger partial charge in [-0.1, -0.05) is 6.07 Å². The van der Waals surface area contributed by atoms with Crippen LogP contribution in [0.5, 0.6) is 0 Å². The molecule has 0 unspecified atom stereocenters. The Morgan fingerprint density at radius 2 is 1.86 bits per heavy atom. The largest absolute Gasteiger partial charge is 0.444 e. The normalized spacial score (nSPS) is 9.95. The summed E-state index contributed by atoms with van der Waals surface area (Å²) in [6, 6.07) is 8.06. The van der Waals surface area contributed by atoms with Crippen molar-refractivity contribution in [2.75, 3.05) is 0 Å². The highest BCUT2D eigenvalue weighted by Gasteiger charge is 2.14. The van der Waals surface area contributed by atoms with Crippen LogP contribution in [0.2, 0.25) is 0 Å². The highest BCUT2D eigenvalue weighted by Crippen LogP contribution is 2.14. The molecule has 2 amide bonds. The number of nitrogens with zero attached hydrogens (tertiary/aromatic N) is 1. The van der Waals surface area contributed by atoms with Crippen molar-refractivity contribution in [1.29, 1.82) is 0 Å². The monoisotopic (exact) mass is 353 g/mol. The van der Waals surface area contributed by atoms with Gasteiger partial charge in [0.15, 0.2) is 10.4 Å². The average Bonchev–Trinajstić information content (AvgIpc) is 2.91. The minimum absolute atomic E-state index is 0.00113. The number of furan rings is 1. The van der Waals surface area contributed by atoms with Gasteiger partial charge in [0.25, 0.3) is 11.6 Å². The molecule has 1 aromatic carbocycles. The molecule has 0 bridgehead atoms. The molecule has 2 aromatic rings. The third-order valence-corrected chi connectivity index (χ3v) is 2.83. The van der Waals surface area contributed by atoms with Crippen LogP contribution in [0.15, 0.2) is 45.5 Å². The van der Waals surface area contributed by atoms with Crippen LogP contribution in [0.25, 0.3) is 0 Å². The minimum atomic E-state index is -0.683. The SMILES string of the molecule is O=C(NNC(=O)c1ccc(Br)o1)c1cccc([N+](=O)[O-])c1. The third-order valence-electron chi connectivity index (χ3n) is 2.41. The maximum Gasteiger partial charge on any atom is 0.305 e. The zero-order valence-corrected chi connectivity index (χ0v) is 11.9. The van der Waals surface area contributed by atoms with Gasteiger partial charge in [0, 0.05) is 17.7 Å². The number of nitro groups is 1. The molecule has 9 heteroatoms. The fourth-order valence-electron chi connectivity index (χ4n) is 1.44. The molecule has 1 heterocycles. The molecule has 1 aromatic heterocycles. The van der Waals surface area contributed by atoms with Crippen LogP contribution in [0.1, 0.15) is 20.9 Å². The van der Waals surface area contributed by atoms with Crippen molar-refractivity contribution in [1.82, 2.24) is 10.9 Å². The molecule has 0 saturated heterocycles. The zero-order valence-electron chi connectivity index (χ0n) is 10.3. The molecule has 108 valence electrons. The number of benzene rings is 1. The van der Waals surface area contributed by atoms with Crippen LogP contribution in [0.3, 0.4) is 0 Å². The molecule has 0 atom stereocenters. The third kappa shape index (κ3) is 3.66. The van der Waals surface area contributed by atoms with Gasteiger partial charge in [0.1, 0.15) is 0 Å². The highest BCUT2D eigenvalue weighted by atomic mass is 79.9. The molecular weight excluding hydrogens is 346 g/mol. The predicted octanol–water partition coefficient (Wildman–Crippen LogP) is 2.03. The number of hydrazine groups is 1. The predicted molar refractivity (Wildman–Crippen MR) is 74.4 cm³/mol. The van der Waals surface area contributed by atoms with E-state index in [9.17, 15) is 19.7 Å². The van der Waals surface area contributed by atoms with Gasteiger partial charge in [-0.05, 0) is 34.1 Å². The number of nitrogens with one attached hydrogen (secondary N) is 2. The van der Waals surface area contributed by atoms with Crippen molar-refractivity contribution >= 4 is 33.4 Å². The number of halogens is 1. The van der Waals surface area contributed by atoms with E-state index in [0.717, 1.165) is 6.07 Å². The van der Waals surface area contributed by atoms with Crippen molar-refractivity contribution in [2.45, 2.75) is 0 Å². The zero-order chi connectivity index (χ0) is 15.4. The molecule has 0 aliphatic carbocycles. The Hall–Kier alpha value is -2.68. The van der Waals surface area contributed by atoms with E-state index in [4.69, 9.17) is 4.42 Å². The van der Waals surface area contributed by atoms with Gasteiger partial charge in [-0.2, -0.15) is 0 Å². The van der Waals surface area contributed by atoms with Gasteiger partial charge in [-0.3, -0.25) is 30.6 Å². The first kappa shape index (κ1) is 14.7. The van der Waals surface area contributed by atoms with Crippen LogP contribution in [-0.2, 0) is 0 Å². The molecule has 0 aliphatic heterocycles. The molecule has 2 rings (SSSR count). The Labute approximate surface area is 126 Å². The number of amides is 2. The lowest BCUT2D eigenvalue weighted by atomic mass is 10.2. The van der Waals surface area contributed by atoms with E-state index in [0.29, 0.717) is 4.67 Å². The number of non-ortho nitro benzene ring substituents is 1. The van der Waals surface area contributed by atoms with Gasteiger partial charge in [0.05, 0.1) is 4.92 Å². The van der Waals surface area contributed by atoms with Crippen LogP contribution in [0, 0.1) is 10.1 Å². The van der Waals surface area contributed by atoms with Gasteiger partial charge >= 0.3 is 5.91 Å². The van der Waals surface area contributed by atoms with Crippen LogP contribution < -0.4 is 10.9 Å². The van der Waals surface area contributed by atoms with Gasteiger partial charge in [-0.25, -0.2) is 0 Å². The molecule has 0 saturated carbocycles. The summed E-state index contributed by atoms with van der Waals surface area (Å²) in [5, 5.41) is 10.6. The maximum absolute atomic E-state index is 11.8. The average molecular weight is 354 g/mol. The van der Waals surface area contributed by atoms with E-state index in [1.54, 1.807) is 0 Å². The summed E-state index contributed by atoms with van der Waals surface area (Å²) >= 11 is 3.04. The lowest BCUT2D eigenvalue weighted by Crippen LogP contribution is -2.41. The summed E-state index contributed by atoms with van der Waals surface area (Å²) in [5.74, 6) is -1.33. The van der Waals surface area contributed by atoms with Crippen molar-refractivity contribution < 1.29 is 18.9 Å². The molecule has 21 heavy (non-hydrogen) atoms. The second kappa shape index (κ2) is 6.18. The molecule has 2 N–H and O–H groups in total. The van der Waals surface area contributed by atoms with Crippen molar-refractivity contribution in [3.8, 4) is 0 Å². The molecule has 0 aliphatic rings. The molecular formula is C12H8BrN3O5. The van der Waals surface area contributed by atoms with E-state index in [-0.39, 0.29) is 17.0 Å². The van der Waals surface area contributed by atoms with Gasteiger partial charge in [-0.15, -0.1) is 0 Å². The number of rotatable bonds is 3. The van der Waals surface area contributed by atoms with E-state index < -0.39 is 16.7 Å². The van der Waals surface area contributed by atoms with E-state index in [1.807, 2.05) is 0 Å². The number of hydrogen-bond donors (Lipinski definition) is 2. The highest BCUT2D eigenvalue weighted by molar-refractivity contribution is 9.10. The molecule has 0 radical (unpaired) electrons. The van der Waals surface area contributed by atoms with Crippen molar-refractivity contribution in [2.24, 2.45) is 0 Å². The van der Waals surface area contributed by atoms with Crippen molar-refractivity contribution in [3.63, 3.8) is 0 Å². The quantitative estimate of drug-likeness (QED) is 0.647. The Balaban J connectivity index is 2.00. The van der Waals surface area contributed by atoms with E-state index in [1.165, 1.54) is 30.3 Å². The summed E-state index contributed by atoms with van der Waals surface area (Å²) in [5.41, 5.74) is 4.10. The molecule has 0 fully saturated rings. The number of nitro benzene ring substituents is 1. The first-order valence-electron chi connectivity index (χ1n) is 5.58. The number of carbonyl (C=O) groups is 2. The standard InChI is InChI=1S/C12H8BrN3O5/c13-10-5-4-9(21-10)12(18)15-14-11(17)7-2-1-3-8(6-7)16(19)20/h1-6H,(H,14,17)(H,15,18). The number of carbonyl (C=O) groups excluding carboxylic acids is 2. The fourth-order valence-corrected chi connectivity index (χ4v) is 1.75. The van der Waals surface area contributed by atoms with Gasteiger partial charge < -0.3 is 4.42 Å². The van der Waals surface area contributed by atoms with E-state index in [2.05, 4.69) is 26.8 Å². The summed E-state index contributed by atoms with van der Waals surface area (Å²) < 4.78 is 5.37. The first-order valence-corrected chi connectivity index (χ1v) is 6.37. The molecule has 0 spiro atoms. The first-order chi connectivity index (χ1) is 9.97. The smallest absolute Gasteiger partial charge is 0.305 e. The maximum atomic E-state index is 11.8.